The largest absolute Gasteiger partial charge is 0.481 e. The van der Waals surface area contributed by atoms with E-state index in [-0.39, 0.29) is 30.1 Å². The molecule has 0 aliphatic rings. The molecule has 36 heavy (non-hydrogen) atoms. The van der Waals surface area contributed by atoms with Crippen LogP contribution in [0.4, 0.5) is 5.69 Å². The zero-order chi connectivity index (χ0) is 26.3. The standard InChI is InChI=1S/C29H37N3O4/c1-6-19(2)24(30-23-16-12-20(13-17-23)25(33)8-7-9-27(34)35)18-26-31-28(36-32-26)21-10-14-22(15-11-21)29(3,4)5/h10-17,19,24,30H,6-9,18H2,1-5H3,(H,34,35)/t19?,24-/m1/s1. The Morgan fingerprint density at radius 1 is 1.03 bits per heavy atom. The number of aromatic nitrogens is 2. The molecule has 1 unspecified atom stereocenters. The van der Waals surface area contributed by atoms with E-state index in [1.807, 2.05) is 24.3 Å². The molecule has 0 aliphatic carbocycles. The maximum absolute atomic E-state index is 12.3. The van der Waals surface area contributed by atoms with Crippen LogP contribution in [0.1, 0.15) is 82.0 Å². The molecular weight excluding hydrogens is 454 g/mol. The van der Waals surface area contributed by atoms with E-state index in [2.05, 4.69) is 62.2 Å². The first-order chi connectivity index (χ1) is 17.1. The Hall–Kier alpha value is -3.48. The molecule has 2 atom stereocenters. The second-order valence-corrected chi connectivity index (χ2v) is 10.4. The topological polar surface area (TPSA) is 105 Å². The van der Waals surface area contributed by atoms with Gasteiger partial charge in [0, 0.05) is 42.1 Å². The highest BCUT2D eigenvalue weighted by Gasteiger charge is 2.21. The summed E-state index contributed by atoms with van der Waals surface area (Å²) in [6.45, 7) is 10.9. The number of hydrogen-bond donors (Lipinski definition) is 2. The van der Waals surface area contributed by atoms with Crippen LogP contribution < -0.4 is 5.32 Å². The van der Waals surface area contributed by atoms with Gasteiger partial charge in [0.2, 0.25) is 0 Å². The van der Waals surface area contributed by atoms with E-state index in [0.29, 0.717) is 36.0 Å². The molecule has 7 heteroatoms. The summed E-state index contributed by atoms with van der Waals surface area (Å²) in [6, 6.07) is 15.7. The van der Waals surface area contributed by atoms with Crippen molar-refractivity contribution in [1.29, 1.82) is 0 Å². The van der Waals surface area contributed by atoms with Crippen LogP contribution in [-0.2, 0) is 16.6 Å². The van der Waals surface area contributed by atoms with Gasteiger partial charge < -0.3 is 14.9 Å². The molecule has 0 aliphatic heterocycles. The second-order valence-electron chi connectivity index (χ2n) is 10.4. The minimum Gasteiger partial charge on any atom is -0.481 e. The summed E-state index contributed by atoms with van der Waals surface area (Å²) >= 11 is 0. The van der Waals surface area contributed by atoms with E-state index in [1.165, 1.54) is 5.56 Å². The molecule has 1 aromatic heterocycles. The Balaban J connectivity index is 1.66. The van der Waals surface area contributed by atoms with Crippen LogP contribution in [0.3, 0.4) is 0 Å². The number of rotatable bonds is 12. The Kier molecular flexibility index (Phi) is 9.02. The summed E-state index contributed by atoms with van der Waals surface area (Å²) in [4.78, 5) is 27.6. The molecule has 2 aromatic carbocycles. The number of carboxylic acids is 1. The Morgan fingerprint density at radius 2 is 1.69 bits per heavy atom. The van der Waals surface area contributed by atoms with Gasteiger partial charge in [-0.3, -0.25) is 9.59 Å². The molecular formula is C29H37N3O4. The van der Waals surface area contributed by atoms with Crippen molar-refractivity contribution < 1.29 is 19.2 Å². The summed E-state index contributed by atoms with van der Waals surface area (Å²) in [5, 5.41) is 16.5. The number of ketones is 1. The lowest BCUT2D eigenvalue weighted by Gasteiger charge is -2.24. The number of carbonyl (C=O) groups is 2. The number of aliphatic carboxylic acids is 1. The molecule has 192 valence electrons. The van der Waals surface area contributed by atoms with Crippen LogP contribution in [0.2, 0.25) is 0 Å². The van der Waals surface area contributed by atoms with Gasteiger partial charge in [0.25, 0.3) is 5.89 Å². The van der Waals surface area contributed by atoms with Gasteiger partial charge in [0.15, 0.2) is 11.6 Å². The SMILES string of the molecule is CCC(C)[C@@H](Cc1noc(-c2ccc(C(C)(C)C)cc2)n1)Nc1ccc(C(=O)CCCC(=O)O)cc1. The lowest BCUT2D eigenvalue weighted by molar-refractivity contribution is -0.137. The molecule has 3 aromatic rings. The number of anilines is 1. The molecule has 1 heterocycles. The molecule has 0 radical (unpaired) electrons. The Morgan fingerprint density at radius 3 is 2.28 bits per heavy atom. The van der Waals surface area contributed by atoms with Crippen LogP contribution in [0, 0.1) is 5.92 Å². The summed E-state index contributed by atoms with van der Waals surface area (Å²) in [7, 11) is 0. The van der Waals surface area contributed by atoms with Crippen LogP contribution in [0.5, 0.6) is 0 Å². The van der Waals surface area contributed by atoms with Crippen LogP contribution >= 0.6 is 0 Å². The first-order valence-electron chi connectivity index (χ1n) is 12.6. The highest BCUT2D eigenvalue weighted by Crippen LogP contribution is 2.26. The van der Waals surface area contributed by atoms with E-state index in [9.17, 15) is 9.59 Å². The highest BCUT2D eigenvalue weighted by molar-refractivity contribution is 5.96. The van der Waals surface area contributed by atoms with Crippen molar-refractivity contribution in [2.45, 2.75) is 78.2 Å². The van der Waals surface area contributed by atoms with Gasteiger partial charge >= 0.3 is 5.97 Å². The quantitative estimate of drug-likeness (QED) is 0.277. The van der Waals surface area contributed by atoms with Gasteiger partial charge in [-0.1, -0.05) is 58.3 Å². The number of Topliss-reactive ketones (excluding diaryl/α,β-unsaturated/α-hetero) is 1. The number of nitrogens with one attached hydrogen (secondary N) is 1. The third-order valence-corrected chi connectivity index (χ3v) is 6.55. The van der Waals surface area contributed by atoms with Crippen molar-refractivity contribution in [1.82, 2.24) is 10.1 Å². The van der Waals surface area contributed by atoms with Crippen LogP contribution in [0.25, 0.3) is 11.5 Å². The number of nitrogens with zero attached hydrogens (tertiary/aromatic N) is 2. The van der Waals surface area contributed by atoms with Crippen molar-refractivity contribution >= 4 is 17.4 Å². The zero-order valence-electron chi connectivity index (χ0n) is 21.9. The molecule has 2 N–H and O–H groups in total. The smallest absolute Gasteiger partial charge is 0.303 e. The van der Waals surface area contributed by atoms with Crippen molar-refractivity contribution in [3.05, 3.63) is 65.5 Å². The van der Waals surface area contributed by atoms with Gasteiger partial charge in [-0.25, -0.2) is 0 Å². The van der Waals surface area contributed by atoms with Crippen molar-refractivity contribution in [2.24, 2.45) is 5.92 Å². The average molecular weight is 492 g/mol. The zero-order valence-corrected chi connectivity index (χ0v) is 21.9. The fourth-order valence-corrected chi connectivity index (χ4v) is 3.95. The first-order valence-corrected chi connectivity index (χ1v) is 12.6. The first kappa shape index (κ1) is 27.1. The predicted molar refractivity (Wildman–Crippen MR) is 141 cm³/mol. The number of carbonyl (C=O) groups excluding carboxylic acids is 1. The number of hydrogen-bond acceptors (Lipinski definition) is 6. The van der Waals surface area contributed by atoms with Gasteiger partial charge in [-0.2, -0.15) is 4.98 Å². The Bertz CT molecular complexity index is 1140. The Labute approximate surface area is 213 Å². The van der Waals surface area contributed by atoms with E-state index in [0.717, 1.165) is 17.7 Å². The van der Waals surface area contributed by atoms with Crippen molar-refractivity contribution in [3.8, 4) is 11.5 Å². The van der Waals surface area contributed by atoms with Crippen LogP contribution in [0.15, 0.2) is 53.1 Å². The minimum atomic E-state index is -0.884. The van der Waals surface area contributed by atoms with E-state index < -0.39 is 5.97 Å². The summed E-state index contributed by atoms with van der Waals surface area (Å²) in [5.41, 5.74) is 3.73. The number of carboxylic acid groups (broad SMARTS) is 1. The summed E-state index contributed by atoms with van der Waals surface area (Å²) < 4.78 is 5.57. The number of benzene rings is 2. The molecule has 0 bridgehead atoms. The van der Waals surface area contributed by atoms with Gasteiger partial charge in [0.1, 0.15) is 0 Å². The fourth-order valence-electron chi connectivity index (χ4n) is 3.95. The average Bonchev–Trinajstić information content (AvgIpc) is 3.31. The fraction of sp³-hybridized carbons (Fsp3) is 0.448. The molecule has 7 nitrogen and oxygen atoms in total. The maximum Gasteiger partial charge on any atom is 0.303 e. The maximum atomic E-state index is 12.3. The molecule has 0 saturated carbocycles. The summed E-state index contributed by atoms with van der Waals surface area (Å²) in [5.74, 6) is 0.587. The lowest BCUT2D eigenvalue weighted by Crippen LogP contribution is -2.30. The van der Waals surface area contributed by atoms with E-state index in [1.54, 1.807) is 12.1 Å². The second kappa shape index (κ2) is 12.0. The van der Waals surface area contributed by atoms with E-state index >= 15 is 0 Å². The van der Waals surface area contributed by atoms with Crippen molar-refractivity contribution in [3.63, 3.8) is 0 Å². The normalized spacial score (nSPS) is 13.2. The molecule has 0 spiro atoms. The third kappa shape index (κ3) is 7.51. The van der Waals surface area contributed by atoms with Gasteiger partial charge in [-0.05, 0) is 59.7 Å². The molecule has 0 saturated heterocycles. The molecule has 0 amide bonds. The predicted octanol–water partition coefficient (Wildman–Crippen LogP) is 6.54. The van der Waals surface area contributed by atoms with Gasteiger partial charge in [-0.15, -0.1) is 0 Å². The third-order valence-electron chi connectivity index (χ3n) is 6.55. The monoisotopic (exact) mass is 491 g/mol. The lowest BCUT2D eigenvalue weighted by atomic mass is 9.87. The van der Waals surface area contributed by atoms with E-state index in [4.69, 9.17) is 9.63 Å². The minimum absolute atomic E-state index is 0.00197. The molecule has 3 rings (SSSR count). The van der Waals surface area contributed by atoms with Crippen molar-refractivity contribution in [2.75, 3.05) is 5.32 Å². The molecule has 0 fully saturated rings. The highest BCUT2D eigenvalue weighted by atomic mass is 16.5. The van der Waals surface area contributed by atoms with Crippen LogP contribution in [-0.4, -0.2) is 33.0 Å². The summed E-state index contributed by atoms with van der Waals surface area (Å²) in [6.07, 6.45) is 2.17. The van der Waals surface area contributed by atoms with Gasteiger partial charge in [0.05, 0.1) is 0 Å².